The Bertz CT molecular complexity index is 479. The molecule has 3 nitrogen and oxygen atoms in total. The van der Waals surface area contributed by atoms with E-state index in [1.807, 2.05) is 6.07 Å². The van der Waals surface area contributed by atoms with Crippen LogP contribution >= 0.6 is 23.2 Å². The van der Waals surface area contributed by atoms with Gasteiger partial charge in [-0.15, -0.1) is 0 Å². The van der Waals surface area contributed by atoms with Gasteiger partial charge in [-0.2, -0.15) is 0 Å². The smallest absolute Gasteiger partial charge is 0.220 e. The Morgan fingerprint density at radius 2 is 2.15 bits per heavy atom. The average molecular weight is 316 g/mol. The number of hydrogen-bond acceptors (Lipinski definition) is 2. The van der Waals surface area contributed by atoms with Crippen molar-refractivity contribution in [1.82, 2.24) is 5.32 Å². The van der Waals surface area contributed by atoms with E-state index in [9.17, 15) is 9.90 Å². The number of carbonyl (C=O) groups excluding carboxylic acids is 1. The third-order valence-electron chi connectivity index (χ3n) is 3.82. The molecule has 0 radical (unpaired) electrons. The molecule has 0 bridgehead atoms. The van der Waals surface area contributed by atoms with Gasteiger partial charge in [0.2, 0.25) is 5.91 Å². The number of benzene rings is 1. The molecule has 1 aliphatic carbocycles. The minimum atomic E-state index is -0.263. The highest BCUT2D eigenvalue weighted by atomic mass is 35.5. The second kappa shape index (κ2) is 7.30. The summed E-state index contributed by atoms with van der Waals surface area (Å²) in [4.78, 5) is 11.8. The number of rotatable bonds is 5. The first-order chi connectivity index (χ1) is 9.56. The van der Waals surface area contributed by atoms with Gasteiger partial charge in [0.1, 0.15) is 0 Å². The van der Waals surface area contributed by atoms with Crippen molar-refractivity contribution in [3.63, 3.8) is 0 Å². The fourth-order valence-electron chi connectivity index (χ4n) is 2.56. The van der Waals surface area contributed by atoms with Crippen molar-refractivity contribution in [2.75, 3.05) is 6.54 Å². The molecule has 0 aliphatic heterocycles. The van der Waals surface area contributed by atoms with Crippen LogP contribution in [0, 0.1) is 5.92 Å². The maximum Gasteiger partial charge on any atom is 0.220 e. The van der Waals surface area contributed by atoms with Gasteiger partial charge in [-0.1, -0.05) is 35.7 Å². The highest BCUT2D eigenvalue weighted by Crippen LogP contribution is 2.25. The van der Waals surface area contributed by atoms with E-state index in [0.29, 0.717) is 29.4 Å². The average Bonchev–Trinajstić information content (AvgIpc) is 2.81. The van der Waals surface area contributed by atoms with Crippen LogP contribution in [-0.4, -0.2) is 23.7 Å². The number of nitrogens with one attached hydrogen (secondary N) is 1. The lowest BCUT2D eigenvalue weighted by atomic mass is 10.1. The summed E-state index contributed by atoms with van der Waals surface area (Å²) in [5, 5.41) is 13.8. The number of hydrogen-bond donors (Lipinski definition) is 2. The lowest BCUT2D eigenvalue weighted by Gasteiger charge is -2.15. The van der Waals surface area contributed by atoms with Gasteiger partial charge in [0.15, 0.2) is 0 Å². The Labute approximate surface area is 129 Å². The quantitative estimate of drug-likeness (QED) is 0.876. The topological polar surface area (TPSA) is 49.3 Å². The normalized spacial score (nSPS) is 21.9. The molecule has 2 N–H and O–H groups in total. The molecule has 0 aromatic heterocycles. The third-order valence-corrected chi connectivity index (χ3v) is 4.40. The van der Waals surface area contributed by atoms with Gasteiger partial charge in [0.05, 0.1) is 6.10 Å². The molecular weight excluding hydrogens is 297 g/mol. The van der Waals surface area contributed by atoms with Crippen LogP contribution in [0.3, 0.4) is 0 Å². The van der Waals surface area contributed by atoms with E-state index in [1.165, 1.54) is 0 Å². The van der Waals surface area contributed by atoms with E-state index in [4.69, 9.17) is 23.2 Å². The molecule has 0 spiro atoms. The Hall–Kier alpha value is -0.770. The Morgan fingerprint density at radius 3 is 2.80 bits per heavy atom. The molecular formula is C15H19Cl2NO2. The maximum atomic E-state index is 11.8. The zero-order chi connectivity index (χ0) is 14.5. The number of carbonyl (C=O) groups is 1. The minimum absolute atomic E-state index is 0.00452. The second-order valence-corrected chi connectivity index (χ2v) is 6.14. The van der Waals surface area contributed by atoms with E-state index in [-0.39, 0.29) is 17.9 Å². The van der Waals surface area contributed by atoms with E-state index >= 15 is 0 Å². The zero-order valence-electron chi connectivity index (χ0n) is 11.2. The van der Waals surface area contributed by atoms with Crippen molar-refractivity contribution in [2.24, 2.45) is 5.92 Å². The largest absolute Gasteiger partial charge is 0.393 e. The number of aliphatic hydroxyl groups is 1. The standard InChI is InChI=1S/C15H19Cl2NO2/c16-12-6-4-10(13(17)8-12)5-7-15(20)18-9-11-2-1-3-14(11)19/h4,6,8,11,14,19H,1-3,5,7,9H2,(H,18,20). The Kier molecular flexibility index (Phi) is 5.70. The summed E-state index contributed by atoms with van der Waals surface area (Å²) in [6, 6.07) is 5.31. The van der Waals surface area contributed by atoms with E-state index in [2.05, 4.69) is 5.32 Å². The van der Waals surface area contributed by atoms with Gasteiger partial charge in [-0.25, -0.2) is 0 Å². The van der Waals surface area contributed by atoms with Crippen LogP contribution in [0.5, 0.6) is 0 Å². The molecule has 2 unspecified atom stereocenters. The number of aliphatic hydroxyl groups excluding tert-OH is 1. The van der Waals surface area contributed by atoms with Crippen LogP contribution < -0.4 is 5.32 Å². The molecule has 20 heavy (non-hydrogen) atoms. The summed E-state index contributed by atoms with van der Waals surface area (Å²) < 4.78 is 0. The SMILES string of the molecule is O=C(CCc1ccc(Cl)cc1Cl)NCC1CCCC1O. The van der Waals surface area contributed by atoms with Gasteiger partial charge in [-0.05, 0) is 37.0 Å². The molecule has 1 fully saturated rings. The van der Waals surface area contributed by atoms with Crippen molar-refractivity contribution in [2.45, 2.75) is 38.2 Å². The first-order valence-corrected chi connectivity index (χ1v) is 7.70. The molecule has 1 aliphatic rings. The van der Waals surface area contributed by atoms with Crippen LogP contribution in [0.4, 0.5) is 0 Å². The van der Waals surface area contributed by atoms with E-state index in [0.717, 1.165) is 24.8 Å². The fraction of sp³-hybridized carbons (Fsp3) is 0.533. The number of amides is 1. The van der Waals surface area contributed by atoms with Crippen LogP contribution in [0.25, 0.3) is 0 Å². The predicted molar refractivity (Wildman–Crippen MR) is 81.1 cm³/mol. The molecule has 1 amide bonds. The van der Waals surface area contributed by atoms with Crippen LogP contribution in [0.1, 0.15) is 31.2 Å². The van der Waals surface area contributed by atoms with Gasteiger partial charge < -0.3 is 10.4 Å². The molecule has 2 atom stereocenters. The summed E-state index contributed by atoms with van der Waals surface area (Å²) >= 11 is 11.9. The van der Waals surface area contributed by atoms with Gasteiger partial charge in [0, 0.05) is 28.9 Å². The highest BCUT2D eigenvalue weighted by molar-refractivity contribution is 6.35. The molecule has 1 aromatic rings. The lowest BCUT2D eigenvalue weighted by Crippen LogP contribution is -2.32. The first-order valence-electron chi connectivity index (χ1n) is 6.95. The fourth-order valence-corrected chi connectivity index (χ4v) is 3.06. The summed E-state index contributed by atoms with van der Waals surface area (Å²) in [6.45, 7) is 0.564. The van der Waals surface area contributed by atoms with E-state index < -0.39 is 0 Å². The van der Waals surface area contributed by atoms with Gasteiger partial charge >= 0.3 is 0 Å². The summed E-state index contributed by atoms with van der Waals surface area (Å²) in [7, 11) is 0. The molecule has 0 heterocycles. The molecule has 1 aromatic carbocycles. The van der Waals surface area contributed by atoms with Crippen molar-refractivity contribution in [1.29, 1.82) is 0 Å². The molecule has 0 saturated heterocycles. The van der Waals surface area contributed by atoms with Gasteiger partial charge in [-0.3, -0.25) is 4.79 Å². The Balaban J connectivity index is 1.74. The molecule has 1 saturated carbocycles. The van der Waals surface area contributed by atoms with Crippen molar-refractivity contribution >= 4 is 29.1 Å². The van der Waals surface area contributed by atoms with Crippen molar-refractivity contribution in [3.8, 4) is 0 Å². The molecule has 110 valence electrons. The lowest BCUT2D eigenvalue weighted by molar-refractivity contribution is -0.121. The summed E-state index contributed by atoms with van der Waals surface area (Å²) in [5.74, 6) is 0.202. The minimum Gasteiger partial charge on any atom is -0.393 e. The molecule has 5 heteroatoms. The molecule has 2 rings (SSSR count). The number of aryl methyl sites for hydroxylation is 1. The van der Waals surface area contributed by atoms with Crippen LogP contribution in [0.2, 0.25) is 10.0 Å². The summed E-state index contributed by atoms with van der Waals surface area (Å²) in [6.07, 6.45) is 3.60. The summed E-state index contributed by atoms with van der Waals surface area (Å²) in [5.41, 5.74) is 0.923. The Morgan fingerprint density at radius 1 is 1.35 bits per heavy atom. The third kappa shape index (κ3) is 4.37. The van der Waals surface area contributed by atoms with E-state index in [1.54, 1.807) is 12.1 Å². The van der Waals surface area contributed by atoms with Crippen LogP contribution in [0.15, 0.2) is 18.2 Å². The zero-order valence-corrected chi connectivity index (χ0v) is 12.8. The number of halogens is 2. The predicted octanol–water partition coefficient (Wildman–Crippen LogP) is 3.20. The first kappa shape index (κ1) is 15.6. The van der Waals surface area contributed by atoms with Gasteiger partial charge in [0.25, 0.3) is 0 Å². The van der Waals surface area contributed by atoms with Crippen LogP contribution in [-0.2, 0) is 11.2 Å². The maximum absolute atomic E-state index is 11.8. The van der Waals surface area contributed by atoms with Crippen molar-refractivity contribution in [3.05, 3.63) is 33.8 Å². The highest BCUT2D eigenvalue weighted by Gasteiger charge is 2.25. The van der Waals surface area contributed by atoms with Crippen molar-refractivity contribution < 1.29 is 9.90 Å². The second-order valence-electron chi connectivity index (χ2n) is 5.30. The monoisotopic (exact) mass is 315 g/mol.